The highest BCUT2D eigenvalue weighted by molar-refractivity contribution is 5.82. The summed E-state index contributed by atoms with van der Waals surface area (Å²) >= 11 is 0. The van der Waals surface area contributed by atoms with E-state index in [1.807, 2.05) is 0 Å². The summed E-state index contributed by atoms with van der Waals surface area (Å²) in [7, 11) is 0. The van der Waals surface area contributed by atoms with Crippen molar-refractivity contribution in [3.05, 3.63) is 0 Å². The maximum Gasteiger partial charge on any atom is 0.254 e. The smallest absolute Gasteiger partial charge is 0.254 e. The summed E-state index contributed by atoms with van der Waals surface area (Å²) in [5.41, 5.74) is 0. The van der Waals surface area contributed by atoms with Crippen molar-refractivity contribution in [2.24, 2.45) is 0 Å². The van der Waals surface area contributed by atoms with Gasteiger partial charge in [-0.05, 0) is 25.7 Å². The van der Waals surface area contributed by atoms with Crippen molar-refractivity contribution in [1.29, 1.82) is 0 Å². The monoisotopic (exact) mass is 361 g/mol. The Balaban J connectivity index is 2.30. The van der Waals surface area contributed by atoms with Crippen molar-refractivity contribution in [3.63, 3.8) is 0 Å². The molecule has 0 aliphatic heterocycles. The van der Waals surface area contributed by atoms with Crippen LogP contribution in [0, 0.1) is 0 Å². The van der Waals surface area contributed by atoms with E-state index >= 15 is 0 Å². The predicted molar refractivity (Wildman–Crippen MR) is 91.7 cm³/mol. The zero-order chi connectivity index (χ0) is 20.2. The van der Waals surface area contributed by atoms with Gasteiger partial charge in [-0.3, -0.25) is 4.79 Å². The van der Waals surface area contributed by atoms with Crippen molar-refractivity contribution >= 4 is 5.91 Å². The van der Waals surface area contributed by atoms with Crippen molar-refractivity contribution < 1.29 is 33.1 Å². The first-order valence-corrected chi connectivity index (χ1v) is 9.34. The molecule has 0 aromatic carbocycles. The molecule has 7 heteroatoms. The average molecular weight is 361 g/mol. The van der Waals surface area contributed by atoms with E-state index in [0.717, 1.165) is 43.4 Å². The van der Waals surface area contributed by atoms with Crippen LogP contribution in [-0.2, 0) is 4.79 Å². The van der Waals surface area contributed by atoms with Crippen molar-refractivity contribution in [1.82, 2.24) is 4.90 Å². The molecule has 0 radical (unpaired) electrons. The quantitative estimate of drug-likeness (QED) is 0.432. The molecule has 146 valence electrons. The van der Waals surface area contributed by atoms with Crippen molar-refractivity contribution in [2.45, 2.75) is 101 Å². The number of hydrogen-bond donors (Lipinski definition) is 5. The molecule has 25 heavy (non-hydrogen) atoms. The summed E-state index contributed by atoms with van der Waals surface area (Å²) in [5, 5.41) is 48.8. The van der Waals surface area contributed by atoms with Gasteiger partial charge in [0.1, 0.15) is 18.3 Å². The van der Waals surface area contributed by atoms with Crippen molar-refractivity contribution in [3.8, 4) is 0 Å². The summed E-state index contributed by atoms with van der Waals surface area (Å²) in [5.74, 6) is -0.972. The molecule has 0 unspecified atom stereocenters. The van der Waals surface area contributed by atoms with Gasteiger partial charge in [0.25, 0.3) is 5.91 Å². The molecule has 2 aliphatic rings. The second-order valence-corrected chi connectivity index (χ2v) is 7.10. The Kier molecular flexibility index (Phi) is 6.95. The SMILES string of the molecule is [2H]C1(N(C(=O)[C@H](O)[C@@H](O)[C@H](O)[C@H](O)CO)C2([2H])CCCCC2)CCCCC1. The van der Waals surface area contributed by atoms with Crippen LogP contribution in [0.25, 0.3) is 0 Å². The molecule has 2 saturated carbocycles. The highest BCUT2D eigenvalue weighted by Gasteiger charge is 2.40. The summed E-state index contributed by atoms with van der Waals surface area (Å²) in [6.07, 6.45) is -1.31. The minimum atomic E-state index is -2.09. The summed E-state index contributed by atoms with van der Waals surface area (Å²) in [4.78, 5) is 14.3. The standard InChI is InChI=1S/C18H33NO6/c20-11-14(21)15(22)16(23)17(24)18(25)19(12-7-3-1-4-8-12)13-9-5-2-6-10-13/h12-17,20-24H,1-11H2/t14-,15-,16+,17-/m1/s1/i12D,13D. The number of aliphatic hydroxyl groups is 5. The van der Waals surface area contributed by atoms with E-state index in [1.54, 1.807) is 0 Å². The van der Waals surface area contributed by atoms with Gasteiger partial charge in [-0.2, -0.15) is 0 Å². The average Bonchev–Trinajstić information content (AvgIpc) is 2.66. The van der Waals surface area contributed by atoms with Crippen LogP contribution in [0.5, 0.6) is 0 Å². The van der Waals surface area contributed by atoms with Crippen LogP contribution in [0.2, 0.25) is 0 Å². The third kappa shape index (κ3) is 5.14. The normalized spacial score (nSPS) is 28.8. The zero-order valence-corrected chi connectivity index (χ0v) is 14.7. The molecule has 2 aliphatic carbocycles. The molecule has 0 heterocycles. The van der Waals surface area contributed by atoms with Crippen molar-refractivity contribution in [2.75, 3.05) is 6.61 Å². The lowest BCUT2D eigenvalue weighted by Crippen LogP contribution is -2.57. The second kappa shape index (κ2) is 9.83. The van der Waals surface area contributed by atoms with Gasteiger partial charge >= 0.3 is 0 Å². The highest BCUT2D eigenvalue weighted by atomic mass is 16.4. The van der Waals surface area contributed by atoms with Gasteiger partial charge in [0.2, 0.25) is 0 Å². The lowest BCUT2D eigenvalue weighted by molar-refractivity contribution is -0.164. The summed E-state index contributed by atoms with van der Waals surface area (Å²) in [6, 6.07) is -2.68. The first kappa shape index (κ1) is 17.7. The number of carbonyl (C=O) groups is 1. The maximum absolute atomic E-state index is 13.1. The molecule has 2 rings (SSSR count). The summed E-state index contributed by atoms with van der Waals surface area (Å²) < 4.78 is 17.7. The van der Waals surface area contributed by atoms with Crippen LogP contribution in [0.1, 0.15) is 66.9 Å². The fourth-order valence-corrected chi connectivity index (χ4v) is 3.70. The zero-order valence-electron chi connectivity index (χ0n) is 16.7. The van der Waals surface area contributed by atoms with Gasteiger partial charge in [0.05, 0.1) is 9.35 Å². The first-order valence-electron chi connectivity index (χ1n) is 10.3. The predicted octanol–water partition coefficient (Wildman–Crippen LogP) is -0.0837. The van der Waals surface area contributed by atoms with Gasteiger partial charge in [-0.15, -0.1) is 0 Å². The maximum atomic E-state index is 13.1. The number of hydrogen-bond acceptors (Lipinski definition) is 6. The van der Waals surface area contributed by atoms with E-state index < -0.39 is 49.0 Å². The number of carbonyl (C=O) groups excluding carboxylic acids is 1. The van der Waals surface area contributed by atoms with Crippen LogP contribution in [0.4, 0.5) is 0 Å². The van der Waals surface area contributed by atoms with Gasteiger partial charge < -0.3 is 30.4 Å². The Hall–Kier alpha value is -0.730. The molecule has 0 saturated heterocycles. The molecule has 4 atom stereocenters. The van der Waals surface area contributed by atoms with Gasteiger partial charge in [0, 0.05) is 12.0 Å². The minimum Gasteiger partial charge on any atom is -0.394 e. The summed E-state index contributed by atoms with van der Waals surface area (Å²) in [6.45, 7) is -0.840. The molecule has 2 fully saturated rings. The fraction of sp³-hybridized carbons (Fsp3) is 0.944. The van der Waals surface area contributed by atoms with Crippen LogP contribution < -0.4 is 0 Å². The Morgan fingerprint density at radius 2 is 1.32 bits per heavy atom. The highest BCUT2D eigenvalue weighted by Crippen LogP contribution is 2.31. The molecule has 1 amide bonds. The number of aliphatic hydroxyl groups excluding tert-OH is 5. The Bertz CT molecular complexity index is 472. The fourth-order valence-electron chi connectivity index (χ4n) is 3.70. The number of nitrogens with zero attached hydrogens (tertiary/aromatic N) is 1. The van der Waals surface area contributed by atoms with E-state index in [1.165, 1.54) is 0 Å². The molecule has 0 aromatic heterocycles. The molecule has 5 N–H and O–H groups in total. The Labute approximate surface area is 152 Å². The Morgan fingerprint density at radius 1 is 0.880 bits per heavy atom. The van der Waals surface area contributed by atoms with E-state index in [0.29, 0.717) is 25.7 Å². The number of rotatable bonds is 7. The lowest BCUT2D eigenvalue weighted by atomic mass is 9.87. The molecular weight excluding hydrogens is 326 g/mol. The number of amides is 1. The minimum absolute atomic E-state index is 0.393. The second-order valence-electron chi connectivity index (χ2n) is 7.10. The van der Waals surface area contributed by atoms with Crippen LogP contribution in [0.15, 0.2) is 0 Å². The molecule has 7 nitrogen and oxygen atoms in total. The van der Waals surface area contributed by atoms with Gasteiger partial charge in [-0.1, -0.05) is 38.5 Å². The lowest BCUT2D eigenvalue weighted by Gasteiger charge is -2.43. The van der Waals surface area contributed by atoms with Gasteiger partial charge in [0.15, 0.2) is 6.10 Å². The topological polar surface area (TPSA) is 121 Å². The van der Waals surface area contributed by atoms with Crippen LogP contribution in [0.3, 0.4) is 0 Å². The van der Waals surface area contributed by atoms with Crippen LogP contribution in [-0.4, -0.2) is 79.4 Å². The van der Waals surface area contributed by atoms with E-state index in [2.05, 4.69) is 0 Å². The third-order valence-electron chi connectivity index (χ3n) is 5.22. The molecular formula is C18H33NO6. The third-order valence-corrected chi connectivity index (χ3v) is 5.22. The first-order chi connectivity index (χ1) is 12.7. The Morgan fingerprint density at radius 3 is 1.72 bits per heavy atom. The van der Waals surface area contributed by atoms with E-state index in [9.17, 15) is 25.2 Å². The van der Waals surface area contributed by atoms with Crippen LogP contribution >= 0.6 is 0 Å². The molecule has 0 aromatic rings. The largest absolute Gasteiger partial charge is 0.394 e. The van der Waals surface area contributed by atoms with E-state index in [4.69, 9.17) is 7.85 Å². The molecule has 0 bridgehead atoms. The van der Waals surface area contributed by atoms with E-state index in [-0.39, 0.29) is 0 Å². The van der Waals surface area contributed by atoms with Gasteiger partial charge in [-0.25, -0.2) is 0 Å². The molecule has 0 spiro atoms.